The smallest absolute Gasteiger partial charge is 0.0184 e. The molecule has 2 atom stereocenters. The monoisotopic (exact) mass is 287 g/mol. The van der Waals surface area contributed by atoms with Gasteiger partial charge in [0, 0.05) is 0 Å². The van der Waals surface area contributed by atoms with E-state index in [2.05, 4.69) is 59.7 Å². The highest BCUT2D eigenvalue weighted by molar-refractivity contribution is 5.14. The summed E-state index contributed by atoms with van der Waals surface area (Å²) in [5.74, 6) is 2.52. The SMILES string of the molecule is CC(C)C(C)Cc1cc[c]cc1.CC1CCCC(C)(C)C1. The van der Waals surface area contributed by atoms with E-state index in [4.69, 9.17) is 0 Å². The van der Waals surface area contributed by atoms with E-state index in [9.17, 15) is 0 Å². The average Bonchev–Trinajstić information content (AvgIpc) is 2.39. The molecule has 21 heavy (non-hydrogen) atoms. The van der Waals surface area contributed by atoms with Crippen LogP contribution in [0, 0.1) is 29.2 Å². The molecule has 1 fully saturated rings. The molecular weight excluding hydrogens is 252 g/mol. The van der Waals surface area contributed by atoms with Gasteiger partial charge in [0.2, 0.25) is 0 Å². The Morgan fingerprint density at radius 1 is 1.19 bits per heavy atom. The molecule has 0 heterocycles. The summed E-state index contributed by atoms with van der Waals surface area (Å²) in [7, 11) is 0. The van der Waals surface area contributed by atoms with Crippen molar-refractivity contribution in [2.24, 2.45) is 23.2 Å². The first-order valence-electron chi connectivity index (χ1n) is 8.75. The van der Waals surface area contributed by atoms with Crippen LogP contribution in [0.3, 0.4) is 0 Å². The zero-order valence-electron chi connectivity index (χ0n) is 15.1. The molecule has 1 aromatic rings. The van der Waals surface area contributed by atoms with Crippen LogP contribution >= 0.6 is 0 Å². The van der Waals surface area contributed by atoms with Crippen LogP contribution in [0.5, 0.6) is 0 Å². The molecule has 0 heteroatoms. The Labute approximate surface area is 133 Å². The van der Waals surface area contributed by atoms with Crippen molar-refractivity contribution in [2.75, 3.05) is 0 Å². The van der Waals surface area contributed by atoms with Crippen molar-refractivity contribution in [1.29, 1.82) is 0 Å². The first-order chi connectivity index (χ1) is 9.80. The normalized spacial score (nSPS) is 22.3. The van der Waals surface area contributed by atoms with Gasteiger partial charge in [0.1, 0.15) is 0 Å². The molecule has 1 aliphatic rings. The molecule has 0 aromatic heterocycles. The third kappa shape index (κ3) is 7.69. The van der Waals surface area contributed by atoms with Gasteiger partial charge in [-0.15, -0.1) is 0 Å². The lowest BCUT2D eigenvalue weighted by Crippen LogP contribution is -2.20. The molecule has 0 aliphatic heterocycles. The lowest BCUT2D eigenvalue weighted by Gasteiger charge is -2.33. The van der Waals surface area contributed by atoms with E-state index in [-0.39, 0.29) is 0 Å². The highest BCUT2D eigenvalue weighted by Crippen LogP contribution is 2.37. The van der Waals surface area contributed by atoms with Gasteiger partial charge in [-0.1, -0.05) is 78.6 Å². The number of benzene rings is 1. The summed E-state index contributed by atoms with van der Waals surface area (Å²) < 4.78 is 0. The molecule has 0 amide bonds. The van der Waals surface area contributed by atoms with E-state index in [1.54, 1.807) is 0 Å². The summed E-state index contributed by atoms with van der Waals surface area (Å²) in [5, 5.41) is 0. The molecule has 119 valence electrons. The van der Waals surface area contributed by atoms with Crippen molar-refractivity contribution in [3.63, 3.8) is 0 Å². The Morgan fingerprint density at radius 2 is 1.81 bits per heavy atom. The summed E-state index contributed by atoms with van der Waals surface area (Å²) in [6, 6.07) is 11.3. The lowest BCUT2D eigenvalue weighted by atomic mass is 9.73. The summed E-state index contributed by atoms with van der Waals surface area (Å²) in [6.07, 6.45) is 6.98. The van der Waals surface area contributed by atoms with Crippen LogP contribution in [-0.2, 0) is 6.42 Å². The maximum atomic E-state index is 3.04. The summed E-state index contributed by atoms with van der Waals surface area (Å²) >= 11 is 0. The van der Waals surface area contributed by atoms with E-state index in [0.29, 0.717) is 5.41 Å². The van der Waals surface area contributed by atoms with E-state index in [1.165, 1.54) is 37.7 Å². The standard InChI is InChI=1S/C12H17.C9H18/c1-10(2)11(3)9-12-7-5-4-6-8-12;1-8-5-4-6-9(2,3)7-8/h5-8,10-11H,9H2,1-3H3;8H,4-7H2,1-3H3. The molecule has 1 aromatic carbocycles. The van der Waals surface area contributed by atoms with Crippen molar-refractivity contribution in [3.8, 4) is 0 Å². The van der Waals surface area contributed by atoms with Crippen molar-refractivity contribution >= 4 is 0 Å². The minimum absolute atomic E-state index is 0.650. The maximum absolute atomic E-state index is 3.04. The Bertz CT molecular complexity index is 374. The van der Waals surface area contributed by atoms with Gasteiger partial charge in [-0.2, -0.15) is 0 Å². The molecule has 0 bridgehead atoms. The number of rotatable bonds is 3. The number of hydrogen-bond donors (Lipinski definition) is 0. The zero-order chi connectivity index (χ0) is 15.9. The van der Waals surface area contributed by atoms with Gasteiger partial charge in [-0.3, -0.25) is 0 Å². The Kier molecular flexibility index (Phi) is 7.49. The van der Waals surface area contributed by atoms with Gasteiger partial charge in [0.25, 0.3) is 0 Å². The summed E-state index contributed by atoms with van der Waals surface area (Å²) in [4.78, 5) is 0. The molecule has 1 radical (unpaired) electrons. The molecule has 0 nitrogen and oxygen atoms in total. The number of hydrogen-bond acceptors (Lipinski definition) is 0. The van der Waals surface area contributed by atoms with E-state index < -0.39 is 0 Å². The molecule has 1 saturated carbocycles. The largest absolute Gasteiger partial charge is 0.0625 e. The van der Waals surface area contributed by atoms with Gasteiger partial charge < -0.3 is 0 Å². The Morgan fingerprint density at radius 3 is 2.24 bits per heavy atom. The third-order valence-corrected chi connectivity index (χ3v) is 4.93. The van der Waals surface area contributed by atoms with Crippen LogP contribution in [-0.4, -0.2) is 0 Å². The van der Waals surface area contributed by atoms with E-state index in [1.807, 2.05) is 12.1 Å². The summed E-state index contributed by atoms with van der Waals surface area (Å²) in [5.41, 5.74) is 2.08. The van der Waals surface area contributed by atoms with Crippen molar-refractivity contribution in [2.45, 2.75) is 73.6 Å². The minimum Gasteiger partial charge on any atom is -0.0625 e. The Hall–Kier alpha value is -0.780. The van der Waals surface area contributed by atoms with E-state index >= 15 is 0 Å². The fraction of sp³-hybridized carbons (Fsp3) is 0.714. The van der Waals surface area contributed by atoms with Crippen LogP contribution < -0.4 is 0 Å². The second-order valence-electron chi connectivity index (χ2n) is 8.20. The van der Waals surface area contributed by atoms with Gasteiger partial charge >= 0.3 is 0 Å². The van der Waals surface area contributed by atoms with Gasteiger partial charge in [0.05, 0.1) is 0 Å². The van der Waals surface area contributed by atoms with E-state index in [0.717, 1.165) is 17.8 Å². The lowest BCUT2D eigenvalue weighted by molar-refractivity contribution is 0.191. The van der Waals surface area contributed by atoms with Crippen LogP contribution in [0.2, 0.25) is 0 Å². The first kappa shape index (κ1) is 18.3. The predicted octanol–water partition coefficient (Wildman–Crippen LogP) is 6.54. The quantitative estimate of drug-likeness (QED) is 0.591. The average molecular weight is 288 g/mol. The topological polar surface area (TPSA) is 0 Å². The van der Waals surface area contributed by atoms with Crippen molar-refractivity contribution < 1.29 is 0 Å². The zero-order valence-corrected chi connectivity index (χ0v) is 15.1. The fourth-order valence-electron chi connectivity index (χ4n) is 3.24. The molecule has 2 rings (SSSR count). The minimum atomic E-state index is 0.650. The second-order valence-corrected chi connectivity index (χ2v) is 8.20. The van der Waals surface area contributed by atoms with Gasteiger partial charge in [-0.05, 0) is 54.1 Å². The highest BCUT2D eigenvalue weighted by atomic mass is 14.3. The summed E-state index contributed by atoms with van der Waals surface area (Å²) in [6.45, 7) is 14.0. The van der Waals surface area contributed by atoms with Crippen molar-refractivity contribution in [1.82, 2.24) is 0 Å². The first-order valence-corrected chi connectivity index (χ1v) is 8.75. The molecule has 2 unspecified atom stereocenters. The maximum Gasteiger partial charge on any atom is -0.0184 e. The third-order valence-electron chi connectivity index (χ3n) is 4.93. The Balaban J connectivity index is 0.000000219. The molecule has 0 saturated heterocycles. The fourth-order valence-corrected chi connectivity index (χ4v) is 3.24. The van der Waals surface area contributed by atoms with Gasteiger partial charge in [-0.25, -0.2) is 0 Å². The molecule has 1 aliphatic carbocycles. The highest BCUT2D eigenvalue weighted by Gasteiger charge is 2.24. The van der Waals surface area contributed by atoms with Crippen LogP contribution in [0.15, 0.2) is 24.3 Å². The van der Waals surface area contributed by atoms with Crippen LogP contribution in [0.1, 0.15) is 72.8 Å². The second kappa shape index (κ2) is 8.61. The molecule has 0 N–H and O–H groups in total. The van der Waals surface area contributed by atoms with Gasteiger partial charge in [0.15, 0.2) is 0 Å². The molecular formula is C21H35. The van der Waals surface area contributed by atoms with Crippen LogP contribution in [0.4, 0.5) is 0 Å². The predicted molar refractivity (Wildman–Crippen MR) is 94.4 cm³/mol. The molecule has 0 spiro atoms. The van der Waals surface area contributed by atoms with Crippen LogP contribution in [0.25, 0.3) is 0 Å². The van der Waals surface area contributed by atoms with Crippen molar-refractivity contribution in [3.05, 3.63) is 35.9 Å².